The Morgan fingerprint density at radius 2 is 1.50 bits per heavy atom. The molecule has 4 heteroatoms. The molecule has 1 N–H and O–H groups in total. The fourth-order valence-corrected chi connectivity index (χ4v) is 3.54. The molecule has 0 saturated carbocycles. The summed E-state index contributed by atoms with van der Waals surface area (Å²) in [6.07, 6.45) is 1.85. The maximum absolute atomic E-state index is 12.8. The van der Waals surface area contributed by atoms with E-state index in [0.717, 1.165) is 51.3 Å². The minimum absolute atomic E-state index is 0.0277. The molecule has 3 rings (SSSR count). The van der Waals surface area contributed by atoms with Crippen LogP contribution in [-0.4, -0.2) is 42.0 Å². The Morgan fingerprint density at radius 3 is 2.08 bits per heavy atom. The van der Waals surface area contributed by atoms with Gasteiger partial charge < -0.3 is 10.2 Å². The van der Waals surface area contributed by atoms with E-state index in [0.29, 0.717) is 0 Å². The Labute approximate surface area is 156 Å². The monoisotopic (exact) mass is 351 g/mol. The largest absolute Gasteiger partial charge is 0.322 e. The summed E-state index contributed by atoms with van der Waals surface area (Å²) in [5.74, 6) is 0. The first-order valence-corrected chi connectivity index (χ1v) is 9.64. The number of amides is 2. The zero-order valence-corrected chi connectivity index (χ0v) is 15.9. The van der Waals surface area contributed by atoms with Crippen molar-refractivity contribution >= 4 is 11.7 Å². The number of carbonyl (C=O) groups is 1. The molecule has 2 aromatic carbocycles. The number of benzene rings is 2. The van der Waals surface area contributed by atoms with E-state index in [1.54, 1.807) is 0 Å². The Balaban J connectivity index is 1.57. The maximum Gasteiger partial charge on any atom is 0.321 e. The summed E-state index contributed by atoms with van der Waals surface area (Å²) < 4.78 is 0. The fourth-order valence-electron chi connectivity index (χ4n) is 3.54. The van der Waals surface area contributed by atoms with Gasteiger partial charge in [-0.15, -0.1) is 0 Å². The SMILES string of the molecule is CCc1cccc(CC)c1NC(=O)N1CCN(Cc2ccccc2)CC1. The number of para-hydroxylation sites is 1. The molecule has 0 spiro atoms. The van der Waals surface area contributed by atoms with Crippen molar-refractivity contribution in [2.75, 3.05) is 31.5 Å². The van der Waals surface area contributed by atoms with Gasteiger partial charge in [0.25, 0.3) is 0 Å². The number of hydrogen-bond donors (Lipinski definition) is 1. The molecule has 1 fully saturated rings. The number of hydrogen-bond acceptors (Lipinski definition) is 2. The van der Waals surface area contributed by atoms with Crippen LogP contribution < -0.4 is 5.32 Å². The molecule has 0 unspecified atom stereocenters. The smallest absolute Gasteiger partial charge is 0.321 e. The number of nitrogens with one attached hydrogen (secondary N) is 1. The molecule has 1 aliphatic rings. The van der Waals surface area contributed by atoms with Gasteiger partial charge in [-0.25, -0.2) is 4.79 Å². The van der Waals surface area contributed by atoms with Crippen LogP contribution in [0, 0.1) is 0 Å². The summed E-state index contributed by atoms with van der Waals surface area (Å²) in [5, 5.41) is 3.18. The van der Waals surface area contributed by atoms with Crippen LogP contribution in [0.3, 0.4) is 0 Å². The number of urea groups is 1. The van der Waals surface area contributed by atoms with E-state index in [2.05, 4.69) is 66.5 Å². The van der Waals surface area contributed by atoms with E-state index in [4.69, 9.17) is 0 Å². The molecule has 138 valence electrons. The second kappa shape index (κ2) is 8.86. The van der Waals surface area contributed by atoms with Crippen molar-refractivity contribution in [3.05, 3.63) is 65.2 Å². The minimum Gasteiger partial charge on any atom is -0.322 e. The van der Waals surface area contributed by atoms with Crippen LogP contribution in [-0.2, 0) is 19.4 Å². The van der Waals surface area contributed by atoms with Crippen molar-refractivity contribution < 1.29 is 4.79 Å². The molecular formula is C22H29N3O. The van der Waals surface area contributed by atoms with Crippen LogP contribution in [0.25, 0.3) is 0 Å². The highest BCUT2D eigenvalue weighted by Crippen LogP contribution is 2.23. The van der Waals surface area contributed by atoms with Crippen LogP contribution in [0.5, 0.6) is 0 Å². The van der Waals surface area contributed by atoms with Gasteiger partial charge in [-0.1, -0.05) is 62.4 Å². The maximum atomic E-state index is 12.8. The van der Waals surface area contributed by atoms with Crippen molar-refractivity contribution in [3.8, 4) is 0 Å². The highest BCUT2D eigenvalue weighted by molar-refractivity contribution is 5.91. The lowest BCUT2D eigenvalue weighted by atomic mass is 10.0. The van der Waals surface area contributed by atoms with Crippen LogP contribution in [0.4, 0.5) is 10.5 Å². The topological polar surface area (TPSA) is 35.6 Å². The number of rotatable bonds is 5. The van der Waals surface area contributed by atoms with E-state index in [9.17, 15) is 4.79 Å². The lowest BCUT2D eigenvalue weighted by molar-refractivity contribution is 0.143. The van der Waals surface area contributed by atoms with Crippen molar-refractivity contribution in [1.82, 2.24) is 9.80 Å². The third kappa shape index (κ3) is 4.44. The van der Waals surface area contributed by atoms with Gasteiger partial charge in [-0.05, 0) is 29.5 Å². The molecule has 1 saturated heterocycles. The van der Waals surface area contributed by atoms with Crippen LogP contribution in [0.2, 0.25) is 0 Å². The zero-order chi connectivity index (χ0) is 18.4. The van der Waals surface area contributed by atoms with Crippen LogP contribution in [0.1, 0.15) is 30.5 Å². The third-order valence-electron chi connectivity index (χ3n) is 5.14. The summed E-state index contributed by atoms with van der Waals surface area (Å²) in [4.78, 5) is 17.1. The molecule has 1 aliphatic heterocycles. The first kappa shape index (κ1) is 18.5. The number of carbonyl (C=O) groups excluding carboxylic acids is 1. The molecular weight excluding hydrogens is 322 g/mol. The van der Waals surface area contributed by atoms with Gasteiger partial charge >= 0.3 is 6.03 Å². The average molecular weight is 351 g/mol. The first-order chi connectivity index (χ1) is 12.7. The molecule has 4 nitrogen and oxygen atoms in total. The number of anilines is 1. The van der Waals surface area contributed by atoms with Crippen molar-refractivity contribution in [2.24, 2.45) is 0 Å². The van der Waals surface area contributed by atoms with Crippen LogP contribution in [0.15, 0.2) is 48.5 Å². The van der Waals surface area contributed by atoms with Crippen molar-refractivity contribution in [2.45, 2.75) is 33.2 Å². The number of aryl methyl sites for hydroxylation is 2. The predicted octanol–water partition coefficient (Wildman–Crippen LogP) is 4.16. The fraction of sp³-hybridized carbons (Fsp3) is 0.409. The molecule has 0 aliphatic carbocycles. The lowest BCUT2D eigenvalue weighted by Crippen LogP contribution is -2.49. The summed E-state index contributed by atoms with van der Waals surface area (Å²) in [7, 11) is 0. The Bertz CT molecular complexity index is 699. The molecule has 0 bridgehead atoms. The van der Waals surface area contributed by atoms with E-state index in [-0.39, 0.29) is 6.03 Å². The Kier molecular flexibility index (Phi) is 6.29. The van der Waals surface area contributed by atoms with E-state index < -0.39 is 0 Å². The molecule has 0 radical (unpaired) electrons. The van der Waals surface area contributed by atoms with Gasteiger partial charge in [-0.3, -0.25) is 4.90 Å². The Hall–Kier alpha value is -2.33. The van der Waals surface area contributed by atoms with Crippen molar-refractivity contribution in [1.29, 1.82) is 0 Å². The second-order valence-electron chi connectivity index (χ2n) is 6.84. The molecule has 2 aromatic rings. The van der Waals surface area contributed by atoms with Crippen molar-refractivity contribution in [3.63, 3.8) is 0 Å². The normalized spacial score (nSPS) is 15.1. The van der Waals surface area contributed by atoms with Gasteiger partial charge in [0.2, 0.25) is 0 Å². The van der Waals surface area contributed by atoms with E-state index in [1.807, 2.05) is 11.0 Å². The summed E-state index contributed by atoms with van der Waals surface area (Å²) in [5.41, 5.74) is 4.75. The molecule has 2 amide bonds. The van der Waals surface area contributed by atoms with Gasteiger partial charge in [0.05, 0.1) is 0 Å². The van der Waals surface area contributed by atoms with Gasteiger partial charge in [0.15, 0.2) is 0 Å². The minimum atomic E-state index is 0.0277. The third-order valence-corrected chi connectivity index (χ3v) is 5.14. The number of piperazine rings is 1. The molecule has 26 heavy (non-hydrogen) atoms. The van der Waals surface area contributed by atoms with Gasteiger partial charge in [0.1, 0.15) is 0 Å². The van der Waals surface area contributed by atoms with E-state index >= 15 is 0 Å². The first-order valence-electron chi connectivity index (χ1n) is 9.64. The summed E-state index contributed by atoms with van der Waals surface area (Å²) in [6.45, 7) is 8.59. The Morgan fingerprint density at radius 1 is 0.885 bits per heavy atom. The van der Waals surface area contributed by atoms with Crippen LogP contribution >= 0.6 is 0 Å². The standard InChI is InChI=1S/C22H29N3O/c1-3-19-11-8-12-20(4-2)21(19)23-22(26)25-15-13-24(14-16-25)17-18-9-6-5-7-10-18/h5-12H,3-4,13-17H2,1-2H3,(H,23,26). The number of nitrogens with zero attached hydrogens (tertiary/aromatic N) is 2. The summed E-state index contributed by atoms with van der Waals surface area (Å²) in [6, 6.07) is 16.8. The quantitative estimate of drug-likeness (QED) is 0.878. The van der Waals surface area contributed by atoms with Gasteiger partial charge in [0, 0.05) is 38.4 Å². The van der Waals surface area contributed by atoms with E-state index in [1.165, 1.54) is 16.7 Å². The zero-order valence-electron chi connectivity index (χ0n) is 15.9. The lowest BCUT2D eigenvalue weighted by Gasteiger charge is -2.35. The average Bonchev–Trinajstić information content (AvgIpc) is 2.69. The highest BCUT2D eigenvalue weighted by atomic mass is 16.2. The van der Waals surface area contributed by atoms with Gasteiger partial charge in [-0.2, -0.15) is 0 Å². The highest BCUT2D eigenvalue weighted by Gasteiger charge is 2.22. The molecule has 0 aromatic heterocycles. The second-order valence-corrected chi connectivity index (χ2v) is 6.84. The molecule has 0 atom stereocenters. The summed E-state index contributed by atoms with van der Waals surface area (Å²) >= 11 is 0. The molecule has 1 heterocycles. The predicted molar refractivity (Wildman–Crippen MR) is 108 cm³/mol.